The maximum Gasteiger partial charge on any atom is 0.193 e. The summed E-state index contributed by atoms with van der Waals surface area (Å²) in [6.07, 6.45) is 5.22. The number of aliphatic imine (C=N–C) groups is 1. The standard InChI is InChI=1S/C24H31N5O.HI/c1-2-25-24(26-15-8-16-29-19-27-22-11-6-7-12-23(22)29)28-17-13-21(14-18-28)30-20-9-4-3-5-10-20;/h3-7,9-12,19,21H,2,8,13-18H2,1H3,(H,25,26);1H. The summed E-state index contributed by atoms with van der Waals surface area (Å²) in [5, 5.41) is 3.46. The molecule has 2 aromatic carbocycles. The first-order valence-corrected chi connectivity index (χ1v) is 11.0. The first kappa shape index (κ1) is 23.4. The number of halogens is 1. The molecule has 2 heterocycles. The molecule has 0 atom stereocenters. The molecule has 1 aromatic heterocycles. The van der Waals surface area contributed by atoms with Crippen molar-refractivity contribution in [3.63, 3.8) is 0 Å². The second-order valence-electron chi connectivity index (χ2n) is 7.63. The molecule has 7 heteroatoms. The maximum absolute atomic E-state index is 6.12. The lowest BCUT2D eigenvalue weighted by molar-refractivity contribution is 0.129. The van der Waals surface area contributed by atoms with Crippen molar-refractivity contribution in [1.29, 1.82) is 0 Å². The Kier molecular flexibility index (Phi) is 8.99. The summed E-state index contributed by atoms with van der Waals surface area (Å²) in [6, 6.07) is 18.4. The highest BCUT2D eigenvalue weighted by molar-refractivity contribution is 14.0. The van der Waals surface area contributed by atoms with E-state index in [0.717, 1.165) is 69.2 Å². The Morgan fingerprint density at radius 1 is 1.10 bits per heavy atom. The lowest BCUT2D eigenvalue weighted by Gasteiger charge is -2.34. The van der Waals surface area contributed by atoms with Crippen LogP contribution < -0.4 is 10.1 Å². The van der Waals surface area contributed by atoms with Crippen molar-refractivity contribution in [3.05, 3.63) is 60.9 Å². The minimum atomic E-state index is 0. The predicted octanol–water partition coefficient (Wildman–Crippen LogP) is 4.55. The van der Waals surface area contributed by atoms with Gasteiger partial charge >= 0.3 is 0 Å². The summed E-state index contributed by atoms with van der Waals surface area (Å²) >= 11 is 0. The molecule has 1 fully saturated rings. The molecule has 0 saturated carbocycles. The Balaban J connectivity index is 0.00000272. The van der Waals surface area contributed by atoms with Crippen LogP contribution in [0.4, 0.5) is 0 Å². The maximum atomic E-state index is 6.12. The van der Waals surface area contributed by atoms with Gasteiger partial charge in [0.05, 0.1) is 17.4 Å². The first-order valence-electron chi connectivity index (χ1n) is 11.0. The smallest absolute Gasteiger partial charge is 0.193 e. The van der Waals surface area contributed by atoms with Gasteiger partial charge in [0, 0.05) is 45.6 Å². The predicted molar refractivity (Wildman–Crippen MR) is 137 cm³/mol. The quantitative estimate of drug-likeness (QED) is 0.210. The lowest BCUT2D eigenvalue weighted by atomic mass is 10.1. The lowest BCUT2D eigenvalue weighted by Crippen LogP contribution is -2.47. The van der Waals surface area contributed by atoms with Gasteiger partial charge in [0.25, 0.3) is 0 Å². The van der Waals surface area contributed by atoms with Gasteiger partial charge in [-0.25, -0.2) is 4.98 Å². The van der Waals surface area contributed by atoms with E-state index < -0.39 is 0 Å². The number of piperidine rings is 1. The first-order chi connectivity index (χ1) is 14.8. The number of likely N-dealkylation sites (tertiary alicyclic amines) is 1. The summed E-state index contributed by atoms with van der Waals surface area (Å²) in [5.74, 6) is 1.98. The fourth-order valence-electron chi connectivity index (χ4n) is 3.92. The molecule has 3 aromatic rings. The number of hydrogen-bond acceptors (Lipinski definition) is 3. The van der Waals surface area contributed by atoms with Crippen LogP contribution in [0.15, 0.2) is 65.9 Å². The molecule has 0 bridgehead atoms. The average Bonchev–Trinajstić information content (AvgIpc) is 3.20. The third kappa shape index (κ3) is 6.35. The molecule has 0 aliphatic carbocycles. The van der Waals surface area contributed by atoms with Crippen molar-refractivity contribution in [2.45, 2.75) is 38.8 Å². The summed E-state index contributed by atoms with van der Waals surface area (Å²) in [6.45, 7) is 6.67. The van der Waals surface area contributed by atoms with Crippen LogP contribution in [0.3, 0.4) is 0 Å². The molecular weight excluding hydrogens is 501 g/mol. The van der Waals surface area contributed by atoms with E-state index in [2.05, 4.69) is 44.9 Å². The van der Waals surface area contributed by atoms with E-state index in [1.807, 2.05) is 42.7 Å². The molecule has 1 saturated heterocycles. The van der Waals surface area contributed by atoms with Crippen LogP contribution in [0, 0.1) is 0 Å². The summed E-state index contributed by atoms with van der Waals surface area (Å²) < 4.78 is 8.34. The molecular formula is C24H32IN5O. The van der Waals surface area contributed by atoms with Crippen molar-refractivity contribution >= 4 is 41.0 Å². The largest absolute Gasteiger partial charge is 0.490 e. The Labute approximate surface area is 201 Å². The zero-order chi connectivity index (χ0) is 20.6. The SMILES string of the molecule is CCNC(=NCCCn1cnc2ccccc21)N1CCC(Oc2ccccc2)CC1.I. The summed E-state index contributed by atoms with van der Waals surface area (Å²) in [5.41, 5.74) is 2.24. The van der Waals surface area contributed by atoms with Crippen LogP contribution in [-0.4, -0.2) is 52.7 Å². The van der Waals surface area contributed by atoms with E-state index in [0.29, 0.717) is 0 Å². The van der Waals surface area contributed by atoms with Gasteiger partial charge < -0.3 is 19.5 Å². The van der Waals surface area contributed by atoms with E-state index in [9.17, 15) is 0 Å². The highest BCUT2D eigenvalue weighted by Crippen LogP contribution is 2.19. The van der Waals surface area contributed by atoms with Gasteiger partial charge in [-0.15, -0.1) is 24.0 Å². The minimum Gasteiger partial charge on any atom is -0.490 e. The van der Waals surface area contributed by atoms with Crippen molar-refractivity contribution in [2.24, 2.45) is 4.99 Å². The molecule has 6 nitrogen and oxygen atoms in total. The average molecular weight is 533 g/mol. The number of benzene rings is 2. The number of nitrogens with zero attached hydrogens (tertiary/aromatic N) is 4. The van der Waals surface area contributed by atoms with E-state index >= 15 is 0 Å². The molecule has 0 amide bonds. The van der Waals surface area contributed by atoms with Crippen molar-refractivity contribution < 1.29 is 4.74 Å². The zero-order valence-electron chi connectivity index (χ0n) is 18.1. The second kappa shape index (κ2) is 11.9. The van der Waals surface area contributed by atoms with Crippen molar-refractivity contribution in [2.75, 3.05) is 26.2 Å². The number of ether oxygens (including phenoxy) is 1. The van der Waals surface area contributed by atoms with E-state index in [4.69, 9.17) is 9.73 Å². The van der Waals surface area contributed by atoms with Gasteiger partial charge in [-0.1, -0.05) is 30.3 Å². The van der Waals surface area contributed by atoms with Crippen LogP contribution >= 0.6 is 24.0 Å². The number of rotatable bonds is 7. The Bertz CT molecular complexity index is 951. The minimum absolute atomic E-state index is 0. The van der Waals surface area contributed by atoms with Crippen LogP contribution in [0.1, 0.15) is 26.2 Å². The van der Waals surface area contributed by atoms with Crippen LogP contribution in [0.25, 0.3) is 11.0 Å². The molecule has 1 N–H and O–H groups in total. The summed E-state index contributed by atoms with van der Waals surface area (Å²) in [4.78, 5) is 11.7. The Hall–Kier alpha value is -2.29. The van der Waals surface area contributed by atoms with Gasteiger partial charge in [-0.2, -0.15) is 0 Å². The molecule has 4 rings (SSSR count). The molecule has 31 heavy (non-hydrogen) atoms. The van der Waals surface area contributed by atoms with Crippen LogP contribution in [0.5, 0.6) is 5.75 Å². The van der Waals surface area contributed by atoms with Gasteiger partial charge in [-0.3, -0.25) is 4.99 Å². The molecule has 0 spiro atoms. The zero-order valence-corrected chi connectivity index (χ0v) is 20.4. The van der Waals surface area contributed by atoms with E-state index in [1.54, 1.807) is 0 Å². The van der Waals surface area contributed by atoms with Gasteiger partial charge in [0.15, 0.2) is 5.96 Å². The highest BCUT2D eigenvalue weighted by atomic mass is 127. The fourth-order valence-corrected chi connectivity index (χ4v) is 3.92. The van der Waals surface area contributed by atoms with Crippen molar-refractivity contribution in [3.8, 4) is 5.75 Å². The van der Waals surface area contributed by atoms with Gasteiger partial charge in [0.2, 0.25) is 0 Å². The summed E-state index contributed by atoms with van der Waals surface area (Å²) in [7, 11) is 0. The molecule has 1 aliphatic rings. The number of fused-ring (bicyclic) bond motifs is 1. The molecule has 1 aliphatic heterocycles. The number of guanidine groups is 1. The van der Waals surface area contributed by atoms with Crippen LogP contribution in [-0.2, 0) is 6.54 Å². The number of nitrogens with one attached hydrogen (secondary N) is 1. The molecule has 0 radical (unpaired) electrons. The second-order valence-corrected chi connectivity index (χ2v) is 7.63. The van der Waals surface area contributed by atoms with E-state index in [1.165, 1.54) is 5.52 Å². The third-order valence-electron chi connectivity index (χ3n) is 5.47. The normalized spacial score (nSPS) is 15.0. The fraction of sp³-hybridized carbons (Fsp3) is 0.417. The number of para-hydroxylation sites is 3. The number of hydrogen-bond donors (Lipinski definition) is 1. The number of aromatic nitrogens is 2. The van der Waals surface area contributed by atoms with Crippen LogP contribution in [0.2, 0.25) is 0 Å². The van der Waals surface area contributed by atoms with Gasteiger partial charge in [-0.05, 0) is 37.6 Å². The third-order valence-corrected chi connectivity index (χ3v) is 5.47. The van der Waals surface area contributed by atoms with Crippen molar-refractivity contribution in [1.82, 2.24) is 19.8 Å². The highest BCUT2D eigenvalue weighted by Gasteiger charge is 2.22. The molecule has 0 unspecified atom stereocenters. The van der Waals surface area contributed by atoms with E-state index in [-0.39, 0.29) is 30.1 Å². The monoisotopic (exact) mass is 533 g/mol. The Morgan fingerprint density at radius 2 is 1.84 bits per heavy atom. The number of aryl methyl sites for hydroxylation is 1. The molecule has 166 valence electrons. The topological polar surface area (TPSA) is 54.7 Å². The Morgan fingerprint density at radius 3 is 2.61 bits per heavy atom. The van der Waals surface area contributed by atoms with Gasteiger partial charge in [0.1, 0.15) is 11.9 Å². The number of imidazole rings is 1.